The average molecular weight is 176 g/mol. The van der Waals surface area contributed by atoms with Gasteiger partial charge in [-0.3, -0.25) is 0 Å². The molecule has 0 radical (unpaired) electrons. The van der Waals surface area contributed by atoms with Gasteiger partial charge in [0.15, 0.2) is 0 Å². The third-order valence-electron chi connectivity index (χ3n) is 1.10. The molecule has 1 aromatic rings. The predicted molar refractivity (Wildman–Crippen MR) is 33.0 cm³/mol. The molecule has 0 aliphatic rings. The first-order chi connectivity index (χ1) is 4.72. The van der Waals surface area contributed by atoms with E-state index in [1.807, 2.05) is 0 Å². The monoisotopic (exact) mass is 176 g/mol. The fourth-order valence-corrected chi connectivity index (χ4v) is 0.973. The van der Waals surface area contributed by atoms with E-state index in [2.05, 4.69) is 16.0 Å². The first-order valence-electron chi connectivity index (χ1n) is 2.69. The van der Waals surface area contributed by atoms with Gasteiger partial charge in [-0.2, -0.15) is 0 Å². The third kappa shape index (κ3) is 1.38. The quantitative estimate of drug-likeness (QED) is 0.634. The standard InChI is InChI=1S/C7H5O2.Mn/c8-7(9)6-4-2-1-3-5-6;/h1-4H,(H,8,9);. The molecule has 0 amide bonds. The fourth-order valence-electron chi connectivity index (χ4n) is 0.635. The van der Waals surface area contributed by atoms with E-state index in [0.29, 0.717) is 10.0 Å². The number of hydrogen-bond acceptors (Lipinski definition) is 1. The molecule has 3 heteroatoms. The van der Waals surface area contributed by atoms with Gasteiger partial charge < -0.3 is 0 Å². The molecule has 1 rings (SSSR count). The summed E-state index contributed by atoms with van der Waals surface area (Å²) in [6.07, 6.45) is 0. The summed E-state index contributed by atoms with van der Waals surface area (Å²) in [6, 6.07) is 6.71. The molecule has 0 unspecified atom stereocenters. The van der Waals surface area contributed by atoms with Gasteiger partial charge in [-0.1, -0.05) is 0 Å². The van der Waals surface area contributed by atoms with Crippen LogP contribution in [0.2, 0.25) is 0 Å². The topological polar surface area (TPSA) is 37.3 Å². The van der Waals surface area contributed by atoms with Crippen molar-refractivity contribution in [2.45, 2.75) is 0 Å². The first-order valence-corrected chi connectivity index (χ1v) is 3.28. The molecule has 0 aliphatic heterocycles. The van der Waals surface area contributed by atoms with Crippen LogP contribution in [-0.2, 0) is 16.0 Å². The molecule has 0 saturated heterocycles. The van der Waals surface area contributed by atoms with Gasteiger partial charge in [0.25, 0.3) is 0 Å². The van der Waals surface area contributed by atoms with Gasteiger partial charge in [-0.15, -0.1) is 0 Å². The minimum atomic E-state index is -0.910. The zero-order valence-corrected chi connectivity index (χ0v) is 6.22. The third-order valence-corrected chi connectivity index (χ3v) is 1.62. The average Bonchev–Trinajstić information content (AvgIpc) is 1.88. The van der Waals surface area contributed by atoms with Crippen molar-refractivity contribution in [2.24, 2.45) is 0 Å². The van der Waals surface area contributed by atoms with Crippen LogP contribution in [0.4, 0.5) is 0 Å². The van der Waals surface area contributed by atoms with Crippen LogP contribution in [0, 0.1) is 0 Å². The Morgan fingerprint density at radius 1 is 1.40 bits per heavy atom. The fraction of sp³-hybridized carbons (Fsp3) is 0. The van der Waals surface area contributed by atoms with E-state index in [0.717, 1.165) is 0 Å². The Bertz CT molecular complexity index is 258. The van der Waals surface area contributed by atoms with Crippen molar-refractivity contribution in [3.8, 4) is 0 Å². The van der Waals surface area contributed by atoms with Gasteiger partial charge >= 0.3 is 66.2 Å². The molecule has 0 heterocycles. The zero-order valence-electron chi connectivity index (χ0n) is 5.04. The number of carboxylic acids is 1. The predicted octanol–water partition coefficient (Wildman–Crippen LogP) is 0.557. The van der Waals surface area contributed by atoms with Crippen LogP contribution in [0.3, 0.4) is 0 Å². The van der Waals surface area contributed by atoms with E-state index in [1.165, 1.54) is 0 Å². The molecular formula is C7H5MnO2. The molecule has 2 nitrogen and oxygen atoms in total. The Morgan fingerprint density at radius 3 is 2.40 bits per heavy atom. The van der Waals surface area contributed by atoms with Gasteiger partial charge in [0.1, 0.15) is 0 Å². The normalized spacial score (nSPS) is 9.30. The Balaban J connectivity index is 3.15. The zero-order chi connectivity index (χ0) is 7.56. The van der Waals surface area contributed by atoms with E-state index in [4.69, 9.17) is 5.11 Å². The number of aromatic carboxylic acids is 1. The van der Waals surface area contributed by atoms with Crippen LogP contribution in [0.5, 0.6) is 0 Å². The van der Waals surface area contributed by atoms with E-state index < -0.39 is 5.97 Å². The Morgan fingerprint density at radius 2 is 2.00 bits per heavy atom. The second-order valence-electron chi connectivity index (χ2n) is 1.78. The van der Waals surface area contributed by atoms with Crippen molar-refractivity contribution in [1.82, 2.24) is 0 Å². The van der Waals surface area contributed by atoms with Crippen LogP contribution in [0.15, 0.2) is 24.3 Å². The minimum absolute atomic E-state index is 0.294. The van der Waals surface area contributed by atoms with Gasteiger partial charge in [0, 0.05) is 0 Å². The summed E-state index contributed by atoms with van der Waals surface area (Å²) >= 11 is 3.12. The summed E-state index contributed by atoms with van der Waals surface area (Å²) in [5, 5.41) is 8.54. The summed E-state index contributed by atoms with van der Waals surface area (Å²) in [7, 11) is 0. The summed E-state index contributed by atoms with van der Waals surface area (Å²) < 4.78 is 0.613. The van der Waals surface area contributed by atoms with Crippen molar-refractivity contribution in [2.75, 3.05) is 0 Å². The molecule has 0 spiro atoms. The molecule has 0 atom stereocenters. The van der Waals surface area contributed by atoms with Gasteiger partial charge in [0.05, 0.1) is 0 Å². The molecule has 10 heavy (non-hydrogen) atoms. The molecule has 0 saturated carbocycles. The summed E-state index contributed by atoms with van der Waals surface area (Å²) in [5.74, 6) is -0.910. The molecule has 0 fully saturated rings. The Kier molecular flexibility index (Phi) is 2.09. The molecule has 0 bridgehead atoms. The van der Waals surface area contributed by atoms with Gasteiger partial charge in [-0.25, -0.2) is 0 Å². The van der Waals surface area contributed by atoms with Crippen LogP contribution >= 0.6 is 0 Å². The second kappa shape index (κ2) is 2.86. The molecule has 0 aromatic heterocycles. The van der Waals surface area contributed by atoms with Crippen LogP contribution in [0.25, 0.3) is 0 Å². The van der Waals surface area contributed by atoms with Crippen molar-refractivity contribution >= 4 is 10.4 Å². The van der Waals surface area contributed by atoms with E-state index in [1.54, 1.807) is 24.3 Å². The van der Waals surface area contributed by atoms with E-state index in [9.17, 15) is 4.79 Å². The second-order valence-corrected chi connectivity index (χ2v) is 2.42. The maximum absolute atomic E-state index is 10.4. The van der Waals surface area contributed by atoms with Gasteiger partial charge in [-0.05, 0) is 0 Å². The number of benzene rings is 1. The number of carboxylic acid groups (broad SMARTS) is 1. The Hall–Kier alpha value is -0.791. The van der Waals surface area contributed by atoms with Crippen LogP contribution in [0.1, 0.15) is 10.4 Å². The Labute approximate surface area is 66.7 Å². The molecular weight excluding hydrogens is 171 g/mol. The molecule has 1 N–H and O–H groups in total. The molecule has 1 aromatic carbocycles. The van der Waals surface area contributed by atoms with Crippen molar-refractivity contribution < 1.29 is 25.9 Å². The van der Waals surface area contributed by atoms with E-state index in [-0.39, 0.29) is 0 Å². The van der Waals surface area contributed by atoms with Crippen LogP contribution in [-0.4, -0.2) is 11.1 Å². The number of hydrogen-bond donors (Lipinski definition) is 1. The van der Waals surface area contributed by atoms with Crippen molar-refractivity contribution in [3.05, 3.63) is 29.8 Å². The van der Waals surface area contributed by atoms with Gasteiger partial charge in [0.2, 0.25) is 0 Å². The maximum atomic E-state index is 10.4. The van der Waals surface area contributed by atoms with Crippen molar-refractivity contribution in [1.29, 1.82) is 0 Å². The first kappa shape index (κ1) is 7.32. The number of carbonyl (C=O) groups is 1. The summed E-state index contributed by atoms with van der Waals surface area (Å²) in [4.78, 5) is 10.4. The summed E-state index contributed by atoms with van der Waals surface area (Å²) in [5.41, 5.74) is 0.294. The van der Waals surface area contributed by atoms with Crippen molar-refractivity contribution in [3.63, 3.8) is 0 Å². The molecule has 52 valence electrons. The number of rotatable bonds is 1. The van der Waals surface area contributed by atoms with E-state index >= 15 is 0 Å². The molecule has 0 aliphatic carbocycles. The SMILES string of the molecule is O=C(O)c1cccc[c]1[Mn]. The van der Waals surface area contributed by atoms with Crippen LogP contribution < -0.4 is 4.46 Å². The summed E-state index contributed by atoms with van der Waals surface area (Å²) in [6.45, 7) is 0.